The second-order valence-corrected chi connectivity index (χ2v) is 7.63. The summed E-state index contributed by atoms with van der Waals surface area (Å²) in [7, 11) is 0. The van der Waals surface area contributed by atoms with E-state index in [9.17, 15) is 0 Å². The van der Waals surface area contributed by atoms with E-state index >= 15 is 0 Å². The molecule has 1 heterocycles. The molecule has 0 radical (unpaired) electrons. The number of ether oxygens (including phenoxy) is 1. The second kappa shape index (κ2) is 7.36. The molecule has 3 atom stereocenters. The zero-order valence-corrected chi connectivity index (χ0v) is 15.2. The Bertz CT molecular complexity index is 735. The van der Waals surface area contributed by atoms with Crippen LogP contribution in [0.25, 0.3) is 0 Å². The van der Waals surface area contributed by atoms with Crippen molar-refractivity contribution in [2.24, 2.45) is 5.73 Å². The molecule has 4 rings (SSSR count). The Balaban J connectivity index is 1.65. The Morgan fingerprint density at radius 1 is 1.08 bits per heavy atom. The van der Waals surface area contributed by atoms with E-state index in [0.717, 1.165) is 38.1 Å². The summed E-state index contributed by atoms with van der Waals surface area (Å²) in [4.78, 5) is 2.54. The molecule has 0 amide bonds. The summed E-state index contributed by atoms with van der Waals surface area (Å²) in [6.07, 6.45) is 4.52. The van der Waals surface area contributed by atoms with Gasteiger partial charge >= 0.3 is 0 Å². The number of halogens is 1. The number of hydrogen-bond donors (Lipinski definition) is 1. The van der Waals surface area contributed by atoms with Crippen molar-refractivity contribution in [2.45, 2.75) is 43.9 Å². The van der Waals surface area contributed by atoms with Gasteiger partial charge in [-0.2, -0.15) is 0 Å². The third-order valence-electron chi connectivity index (χ3n) is 5.44. The maximum absolute atomic E-state index is 6.50. The highest BCUT2D eigenvalue weighted by Gasteiger charge is 2.36. The van der Waals surface area contributed by atoms with Crippen molar-refractivity contribution in [1.82, 2.24) is 4.90 Å². The van der Waals surface area contributed by atoms with Gasteiger partial charge in [0.15, 0.2) is 0 Å². The van der Waals surface area contributed by atoms with E-state index in [0.29, 0.717) is 11.1 Å². The van der Waals surface area contributed by atoms with Crippen molar-refractivity contribution in [2.75, 3.05) is 13.1 Å². The average molecular weight is 357 g/mol. The minimum Gasteiger partial charge on any atom is -0.484 e. The van der Waals surface area contributed by atoms with Gasteiger partial charge in [-0.1, -0.05) is 41.9 Å². The van der Waals surface area contributed by atoms with Crippen molar-refractivity contribution >= 4 is 11.6 Å². The van der Waals surface area contributed by atoms with Gasteiger partial charge in [-0.05, 0) is 61.6 Å². The van der Waals surface area contributed by atoms with Gasteiger partial charge in [-0.15, -0.1) is 0 Å². The third-order valence-corrected chi connectivity index (χ3v) is 5.67. The Kier molecular flexibility index (Phi) is 4.98. The van der Waals surface area contributed by atoms with Crippen LogP contribution in [-0.4, -0.2) is 30.1 Å². The number of fused-ring (bicyclic) bond motifs is 1. The molecule has 2 aromatic carbocycles. The van der Waals surface area contributed by atoms with E-state index in [1.165, 1.54) is 17.5 Å². The first-order valence-electron chi connectivity index (χ1n) is 9.20. The zero-order chi connectivity index (χ0) is 17.2. The van der Waals surface area contributed by atoms with Gasteiger partial charge in [0.1, 0.15) is 11.9 Å². The largest absolute Gasteiger partial charge is 0.484 e. The predicted molar refractivity (Wildman–Crippen MR) is 102 cm³/mol. The molecule has 3 nitrogen and oxygen atoms in total. The Labute approximate surface area is 154 Å². The molecule has 2 N–H and O–H groups in total. The van der Waals surface area contributed by atoms with E-state index in [-0.39, 0.29) is 12.1 Å². The van der Waals surface area contributed by atoms with E-state index in [2.05, 4.69) is 29.2 Å². The van der Waals surface area contributed by atoms with E-state index in [1.54, 1.807) is 0 Å². The van der Waals surface area contributed by atoms with Crippen molar-refractivity contribution in [1.29, 1.82) is 0 Å². The maximum atomic E-state index is 6.50. The van der Waals surface area contributed by atoms with Crippen LogP contribution in [0, 0.1) is 0 Å². The van der Waals surface area contributed by atoms with Gasteiger partial charge in [0.2, 0.25) is 0 Å². The van der Waals surface area contributed by atoms with Crippen molar-refractivity contribution < 1.29 is 4.74 Å². The van der Waals surface area contributed by atoms with Crippen LogP contribution in [0.4, 0.5) is 0 Å². The summed E-state index contributed by atoms with van der Waals surface area (Å²) in [5, 5.41) is 0.707. The van der Waals surface area contributed by atoms with Crippen LogP contribution in [0.1, 0.15) is 36.5 Å². The monoisotopic (exact) mass is 356 g/mol. The number of benzene rings is 2. The maximum Gasteiger partial charge on any atom is 0.139 e. The quantitative estimate of drug-likeness (QED) is 0.895. The molecule has 0 bridgehead atoms. The summed E-state index contributed by atoms with van der Waals surface area (Å²) in [5.74, 6) is 0.834. The molecule has 2 aromatic rings. The van der Waals surface area contributed by atoms with Gasteiger partial charge in [0.25, 0.3) is 0 Å². The van der Waals surface area contributed by atoms with Crippen molar-refractivity contribution in [3.8, 4) is 5.75 Å². The van der Waals surface area contributed by atoms with Gasteiger partial charge in [0.05, 0.1) is 6.04 Å². The number of nitrogens with zero attached hydrogens (tertiary/aromatic N) is 1. The number of piperidine rings is 1. The minimum absolute atomic E-state index is 0.0220. The smallest absolute Gasteiger partial charge is 0.139 e. The van der Waals surface area contributed by atoms with Crippen LogP contribution in [-0.2, 0) is 6.42 Å². The number of nitrogens with two attached hydrogens (primary N) is 1. The lowest BCUT2D eigenvalue weighted by Gasteiger charge is -2.43. The molecule has 1 aliphatic heterocycles. The number of likely N-dealkylation sites (tertiary alicyclic amines) is 1. The fourth-order valence-electron chi connectivity index (χ4n) is 4.25. The Morgan fingerprint density at radius 3 is 2.80 bits per heavy atom. The molecule has 0 saturated carbocycles. The molecular weight excluding hydrogens is 332 g/mol. The van der Waals surface area contributed by atoms with Gasteiger partial charge in [0, 0.05) is 17.6 Å². The second-order valence-electron chi connectivity index (χ2n) is 7.20. The Hall–Kier alpha value is -1.55. The van der Waals surface area contributed by atoms with Gasteiger partial charge in [-0.3, -0.25) is 4.90 Å². The van der Waals surface area contributed by atoms with E-state index in [4.69, 9.17) is 22.1 Å². The van der Waals surface area contributed by atoms with Crippen LogP contribution in [0.2, 0.25) is 5.02 Å². The highest BCUT2D eigenvalue weighted by molar-refractivity contribution is 6.30. The topological polar surface area (TPSA) is 38.5 Å². The van der Waals surface area contributed by atoms with Crippen molar-refractivity contribution in [3.63, 3.8) is 0 Å². The van der Waals surface area contributed by atoms with E-state index < -0.39 is 0 Å². The summed E-state index contributed by atoms with van der Waals surface area (Å²) in [6.45, 7) is 2.07. The standard InChI is InChI=1S/C21H25ClN2O/c22-16-6-3-8-18(13-16)25-21-19-9-2-1-5-15(19)10-11-20(21)24-12-4-7-17(23)14-24/h1-3,5-6,8-9,13,17,20-21H,4,7,10-12,14,23H2/t17-,20+,21+/m1/s1. The zero-order valence-electron chi connectivity index (χ0n) is 14.4. The summed E-state index contributed by atoms with van der Waals surface area (Å²) in [5.41, 5.74) is 8.94. The SMILES string of the molecule is N[C@@H]1CCCN([C@H]2CCc3ccccc3[C@@H]2Oc2cccc(Cl)c2)C1. The molecule has 1 aliphatic carbocycles. The highest BCUT2D eigenvalue weighted by atomic mass is 35.5. The third kappa shape index (κ3) is 3.69. The highest BCUT2D eigenvalue weighted by Crippen LogP contribution is 2.37. The molecule has 4 heteroatoms. The first kappa shape index (κ1) is 16.9. The fraction of sp³-hybridized carbons (Fsp3) is 0.429. The predicted octanol–water partition coefficient (Wildman–Crippen LogP) is 4.20. The average Bonchev–Trinajstić information content (AvgIpc) is 2.62. The molecule has 132 valence electrons. The van der Waals surface area contributed by atoms with Crippen LogP contribution in [0.3, 0.4) is 0 Å². The Morgan fingerprint density at radius 2 is 1.96 bits per heavy atom. The first-order valence-corrected chi connectivity index (χ1v) is 9.58. The lowest BCUT2D eigenvalue weighted by atomic mass is 9.84. The summed E-state index contributed by atoms with van der Waals surface area (Å²) >= 11 is 6.16. The summed E-state index contributed by atoms with van der Waals surface area (Å²) in [6, 6.07) is 17.0. The summed E-state index contributed by atoms with van der Waals surface area (Å²) < 4.78 is 6.50. The van der Waals surface area contributed by atoms with Crippen LogP contribution >= 0.6 is 11.6 Å². The molecular formula is C21H25ClN2O. The molecule has 1 fully saturated rings. The van der Waals surface area contributed by atoms with Crippen LogP contribution in [0.15, 0.2) is 48.5 Å². The van der Waals surface area contributed by atoms with E-state index in [1.807, 2.05) is 24.3 Å². The number of hydrogen-bond acceptors (Lipinski definition) is 3. The molecule has 0 unspecified atom stereocenters. The van der Waals surface area contributed by atoms with Crippen LogP contribution < -0.4 is 10.5 Å². The number of aryl methyl sites for hydroxylation is 1. The molecule has 2 aliphatic rings. The molecule has 0 aromatic heterocycles. The lowest BCUT2D eigenvalue weighted by molar-refractivity contribution is 0.0367. The minimum atomic E-state index is 0.0220. The van der Waals surface area contributed by atoms with Crippen LogP contribution in [0.5, 0.6) is 5.75 Å². The molecule has 0 spiro atoms. The fourth-order valence-corrected chi connectivity index (χ4v) is 4.43. The van der Waals surface area contributed by atoms with Gasteiger partial charge in [-0.25, -0.2) is 0 Å². The first-order chi connectivity index (χ1) is 12.2. The van der Waals surface area contributed by atoms with Gasteiger partial charge < -0.3 is 10.5 Å². The molecule has 1 saturated heterocycles. The number of rotatable bonds is 3. The normalized spacial score (nSPS) is 26.9. The lowest BCUT2D eigenvalue weighted by Crippen LogP contribution is -2.51. The molecule has 25 heavy (non-hydrogen) atoms. The van der Waals surface area contributed by atoms with Crippen molar-refractivity contribution in [3.05, 3.63) is 64.7 Å².